The van der Waals surface area contributed by atoms with Crippen molar-refractivity contribution in [2.24, 2.45) is 0 Å². The summed E-state index contributed by atoms with van der Waals surface area (Å²) in [6.07, 6.45) is 0. The number of piperazine rings is 1. The van der Waals surface area contributed by atoms with Crippen LogP contribution in [0.1, 0.15) is 6.92 Å². The molecule has 0 spiro atoms. The van der Waals surface area contributed by atoms with Crippen molar-refractivity contribution >= 4 is 32.4 Å². The van der Waals surface area contributed by atoms with Gasteiger partial charge in [0.05, 0.1) is 4.90 Å². The number of sulfonamides is 1. The third-order valence-electron chi connectivity index (χ3n) is 4.41. The maximum Gasteiger partial charge on any atom is 0.241 e. The molecule has 0 unspecified atom stereocenters. The molecule has 1 aliphatic heterocycles. The summed E-state index contributed by atoms with van der Waals surface area (Å²) < 4.78 is 28.3. The Labute approximate surface area is 153 Å². The Kier molecular flexibility index (Phi) is 5.87. The predicted octanol–water partition coefficient (Wildman–Crippen LogP) is 0.982. The number of benzene rings is 2. The van der Waals surface area contributed by atoms with E-state index in [1.807, 2.05) is 6.07 Å². The summed E-state index contributed by atoms with van der Waals surface area (Å²) >= 11 is 0. The molecule has 7 nitrogen and oxygen atoms in total. The van der Waals surface area contributed by atoms with Gasteiger partial charge in [-0.2, -0.15) is 0 Å². The fraction of sp³-hybridized carbons (Fsp3) is 0.389. The fourth-order valence-corrected chi connectivity index (χ4v) is 4.39. The van der Waals surface area contributed by atoms with E-state index >= 15 is 0 Å². The van der Waals surface area contributed by atoms with Gasteiger partial charge in [0.2, 0.25) is 15.9 Å². The minimum absolute atomic E-state index is 0.195. The van der Waals surface area contributed by atoms with Gasteiger partial charge in [0.1, 0.15) is 0 Å². The second kappa shape index (κ2) is 8.13. The summed E-state index contributed by atoms with van der Waals surface area (Å²) in [4.78, 5) is 13.8. The zero-order chi connectivity index (χ0) is 18.6. The lowest BCUT2D eigenvalue weighted by molar-refractivity contribution is -0.114. The molecule has 0 atom stereocenters. The lowest BCUT2D eigenvalue weighted by Crippen LogP contribution is -2.46. The van der Waals surface area contributed by atoms with Crippen LogP contribution in [0, 0.1) is 0 Å². The van der Waals surface area contributed by atoms with Gasteiger partial charge in [0, 0.05) is 62.7 Å². The highest BCUT2D eigenvalue weighted by molar-refractivity contribution is 7.89. The number of amides is 1. The summed E-state index contributed by atoms with van der Waals surface area (Å²) in [5.74, 6) is -0.195. The standard InChI is InChI=1S/C18H24N4O3S/c1-14(23)21-17-6-7-18(16-5-3-2-4-15(16)17)26(24,25)20-10-13-22-11-8-19-9-12-22/h2-7,19-20H,8-13H2,1H3,(H,21,23). The van der Waals surface area contributed by atoms with Crippen molar-refractivity contribution in [2.75, 3.05) is 44.6 Å². The molecule has 0 radical (unpaired) electrons. The Bertz CT molecular complexity index is 892. The van der Waals surface area contributed by atoms with E-state index in [9.17, 15) is 13.2 Å². The molecule has 1 saturated heterocycles. The van der Waals surface area contributed by atoms with Crippen LogP contribution in [0.5, 0.6) is 0 Å². The second-order valence-electron chi connectivity index (χ2n) is 6.33. The molecule has 8 heteroatoms. The zero-order valence-electron chi connectivity index (χ0n) is 14.8. The third kappa shape index (κ3) is 4.39. The van der Waals surface area contributed by atoms with Crippen molar-refractivity contribution in [2.45, 2.75) is 11.8 Å². The Morgan fingerprint density at radius 3 is 2.50 bits per heavy atom. The minimum Gasteiger partial charge on any atom is -0.326 e. The van der Waals surface area contributed by atoms with Crippen LogP contribution in [0.2, 0.25) is 0 Å². The monoisotopic (exact) mass is 376 g/mol. The molecule has 1 fully saturated rings. The van der Waals surface area contributed by atoms with E-state index < -0.39 is 10.0 Å². The smallest absolute Gasteiger partial charge is 0.241 e. The van der Waals surface area contributed by atoms with Crippen LogP contribution in [-0.2, 0) is 14.8 Å². The number of anilines is 1. The number of hydrogen-bond acceptors (Lipinski definition) is 5. The molecule has 0 bridgehead atoms. The highest BCUT2D eigenvalue weighted by atomic mass is 32.2. The highest BCUT2D eigenvalue weighted by Crippen LogP contribution is 2.29. The van der Waals surface area contributed by atoms with Crippen molar-refractivity contribution in [3.63, 3.8) is 0 Å². The van der Waals surface area contributed by atoms with Gasteiger partial charge < -0.3 is 10.6 Å². The minimum atomic E-state index is -3.64. The Hall–Kier alpha value is -2.00. The number of carbonyl (C=O) groups is 1. The molecule has 1 heterocycles. The van der Waals surface area contributed by atoms with E-state index in [1.165, 1.54) is 6.92 Å². The molecule has 2 aromatic rings. The van der Waals surface area contributed by atoms with Crippen LogP contribution in [-0.4, -0.2) is 58.5 Å². The van der Waals surface area contributed by atoms with Crippen LogP contribution in [0.3, 0.4) is 0 Å². The summed E-state index contributed by atoms with van der Waals surface area (Å²) in [6, 6.07) is 10.3. The lowest BCUT2D eigenvalue weighted by Gasteiger charge is -2.27. The molecule has 140 valence electrons. The summed E-state index contributed by atoms with van der Waals surface area (Å²) in [5, 5.41) is 7.31. The van der Waals surface area contributed by atoms with Crippen LogP contribution >= 0.6 is 0 Å². The van der Waals surface area contributed by atoms with Gasteiger partial charge >= 0.3 is 0 Å². The van der Waals surface area contributed by atoms with Gasteiger partial charge in [-0.15, -0.1) is 0 Å². The maximum atomic E-state index is 12.8. The van der Waals surface area contributed by atoms with Crippen molar-refractivity contribution in [1.82, 2.24) is 14.9 Å². The molecule has 0 aromatic heterocycles. The molecule has 3 N–H and O–H groups in total. The Morgan fingerprint density at radius 2 is 1.81 bits per heavy atom. The van der Waals surface area contributed by atoms with E-state index in [0.717, 1.165) is 26.2 Å². The average molecular weight is 376 g/mol. The van der Waals surface area contributed by atoms with Gasteiger partial charge in [-0.1, -0.05) is 24.3 Å². The van der Waals surface area contributed by atoms with Crippen LogP contribution in [0.25, 0.3) is 10.8 Å². The van der Waals surface area contributed by atoms with Crippen LogP contribution < -0.4 is 15.4 Å². The molecule has 26 heavy (non-hydrogen) atoms. The first-order valence-electron chi connectivity index (χ1n) is 8.69. The topological polar surface area (TPSA) is 90.5 Å². The van der Waals surface area contributed by atoms with Crippen molar-refractivity contribution < 1.29 is 13.2 Å². The highest BCUT2D eigenvalue weighted by Gasteiger charge is 2.19. The predicted molar refractivity (Wildman–Crippen MR) is 103 cm³/mol. The largest absolute Gasteiger partial charge is 0.326 e. The maximum absolute atomic E-state index is 12.8. The van der Waals surface area contributed by atoms with E-state index in [0.29, 0.717) is 29.5 Å². The number of hydrogen-bond donors (Lipinski definition) is 3. The van der Waals surface area contributed by atoms with Crippen molar-refractivity contribution in [3.05, 3.63) is 36.4 Å². The molecular weight excluding hydrogens is 352 g/mol. The molecule has 0 aliphatic carbocycles. The zero-order valence-corrected chi connectivity index (χ0v) is 15.6. The average Bonchev–Trinajstić information content (AvgIpc) is 2.62. The first kappa shape index (κ1) is 18.8. The van der Waals surface area contributed by atoms with E-state index in [-0.39, 0.29) is 10.8 Å². The third-order valence-corrected chi connectivity index (χ3v) is 5.93. The summed E-state index contributed by atoms with van der Waals surface area (Å²) in [6.45, 7) is 6.19. The first-order valence-corrected chi connectivity index (χ1v) is 10.2. The van der Waals surface area contributed by atoms with Crippen LogP contribution in [0.4, 0.5) is 5.69 Å². The molecule has 2 aromatic carbocycles. The normalized spacial score (nSPS) is 15.9. The van der Waals surface area contributed by atoms with E-state index in [1.54, 1.807) is 30.3 Å². The van der Waals surface area contributed by atoms with Crippen LogP contribution in [0.15, 0.2) is 41.3 Å². The summed E-state index contributed by atoms with van der Waals surface area (Å²) in [7, 11) is -3.64. The quantitative estimate of drug-likeness (QED) is 0.699. The molecular formula is C18H24N4O3S. The first-order chi connectivity index (χ1) is 12.5. The number of fused-ring (bicyclic) bond motifs is 1. The van der Waals surface area contributed by atoms with Gasteiger partial charge in [-0.25, -0.2) is 13.1 Å². The summed E-state index contributed by atoms with van der Waals surface area (Å²) in [5.41, 5.74) is 0.605. The number of nitrogens with one attached hydrogen (secondary N) is 3. The van der Waals surface area contributed by atoms with Gasteiger partial charge in [-0.3, -0.25) is 9.69 Å². The van der Waals surface area contributed by atoms with Gasteiger partial charge in [0.15, 0.2) is 0 Å². The molecule has 0 saturated carbocycles. The fourth-order valence-electron chi connectivity index (χ4n) is 3.16. The molecule has 1 aliphatic rings. The second-order valence-corrected chi connectivity index (χ2v) is 8.06. The Morgan fingerprint density at radius 1 is 1.12 bits per heavy atom. The van der Waals surface area contributed by atoms with E-state index in [4.69, 9.17) is 0 Å². The molecule has 1 amide bonds. The lowest BCUT2D eigenvalue weighted by atomic mass is 10.1. The molecule has 3 rings (SSSR count). The van der Waals surface area contributed by atoms with Gasteiger partial charge in [-0.05, 0) is 12.1 Å². The van der Waals surface area contributed by atoms with Crippen molar-refractivity contribution in [3.8, 4) is 0 Å². The van der Waals surface area contributed by atoms with Crippen molar-refractivity contribution in [1.29, 1.82) is 0 Å². The number of carbonyl (C=O) groups excluding carboxylic acids is 1. The van der Waals surface area contributed by atoms with E-state index in [2.05, 4.69) is 20.3 Å². The number of rotatable bonds is 6. The SMILES string of the molecule is CC(=O)Nc1ccc(S(=O)(=O)NCCN2CCNCC2)c2ccccc12. The number of nitrogens with zero attached hydrogens (tertiary/aromatic N) is 1. The van der Waals surface area contributed by atoms with Gasteiger partial charge in [0.25, 0.3) is 0 Å². The Balaban J connectivity index is 1.80.